The van der Waals surface area contributed by atoms with E-state index in [1.807, 2.05) is 65.8 Å². The first-order valence-corrected chi connectivity index (χ1v) is 14.0. The molecule has 1 fully saturated rings. The summed E-state index contributed by atoms with van der Waals surface area (Å²) in [6, 6.07) is 21.8. The third-order valence-electron chi connectivity index (χ3n) is 6.46. The molecule has 4 aromatic rings. The molecule has 8 nitrogen and oxygen atoms in total. The lowest BCUT2D eigenvalue weighted by molar-refractivity contribution is 0.471. The molecule has 190 valence electrons. The predicted molar refractivity (Wildman–Crippen MR) is 150 cm³/mol. The smallest absolute Gasteiger partial charge is 0.229 e. The summed E-state index contributed by atoms with van der Waals surface area (Å²) in [4.78, 5) is 6.65. The van der Waals surface area contributed by atoms with E-state index in [0.29, 0.717) is 16.5 Å². The average molecular weight is 534 g/mol. The second-order valence-electron chi connectivity index (χ2n) is 9.07. The summed E-state index contributed by atoms with van der Waals surface area (Å²) in [5.41, 5.74) is 5.81. The van der Waals surface area contributed by atoms with Gasteiger partial charge in [0.05, 0.1) is 29.7 Å². The number of anilines is 2. The van der Waals surface area contributed by atoms with Crippen molar-refractivity contribution in [1.29, 1.82) is 0 Å². The molecule has 0 spiro atoms. The molecule has 1 aliphatic rings. The van der Waals surface area contributed by atoms with Gasteiger partial charge in [-0.15, -0.1) is 0 Å². The number of hydrogen-bond donors (Lipinski definition) is 3. The van der Waals surface area contributed by atoms with Gasteiger partial charge >= 0.3 is 0 Å². The van der Waals surface area contributed by atoms with Crippen molar-refractivity contribution < 1.29 is 13.5 Å². The Morgan fingerprint density at radius 3 is 2.38 bits per heavy atom. The number of phenols is 1. The molecule has 2 atom stereocenters. The van der Waals surface area contributed by atoms with E-state index in [9.17, 15) is 13.5 Å². The molecule has 5 rings (SSSR count). The predicted octanol–water partition coefficient (Wildman–Crippen LogP) is 4.74. The van der Waals surface area contributed by atoms with E-state index in [0.717, 1.165) is 34.6 Å². The van der Waals surface area contributed by atoms with E-state index in [1.165, 1.54) is 0 Å². The lowest BCUT2D eigenvalue weighted by atomic mass is 9.96. The molecule has 2 aromatic carbocycles. The second-order valence-corrected chi connectivity index (χ2v) is 11.2. The number of hydrogen-bond acceptors (Lipinski definition) is 5. The monoisotopic (exact) mass is 533 g/mol. The molecular weight excluding hydrogens is 506 g/mol. The summed E-state index contributed by atoms with van der Waals surface area (Å²) in [6.45, 7) is 4.04. The van der Waals surface area contributed by atoms with E-state index in [4.69, 9.17) is 12.2 Å². The molecular formula is C27H27N5O3S2. The van der Waals surface area contributed by atoms with Crippen molar-refractivity contribution in [3.63, 3.8) is 0 Å². The minimum atomic E-state index is -3.39. The Hall–Kier alpha value is -3.89. The van der Waals surface area contributed by atoms with E-state index in [-0.39, 0.29) is 17.8 Å². The lowest BCUT2D eigenvalue weighted by Gasteiger charge is -2.28. The number of benzene rings is 2. The maximum atomic E-state index is 11.7. The highest BCUT2D eigenvalue weighted by molar-refractivity contribution is 7.92. The third-order valence-corrected chi connectivity index (χ3v) is 7.38. The maximum Gasteiger partial charge on any atom is 0.229 e. The Bertz CT molecular complexity index is 1570. The molecule has 0 amide bonds. The van der Waals surface area contributed by atoms with Crippen molar-refractivity contribution in [2.45, 2.75) is 25.9 Å². The zero-order chi connectivity index (χ0) is 26.3. The van der Waals surface area contributed by atoms with Gasteiger partial charge in [-0.1, -0.05) is 18.2 Å². The topological polar surface area (TPSA) is 99.5 Å². The van der Waals surface area contributed by atoms with Gasteiger partial charge in [-0.05, 0) is 86.2 Å². The number of nitrogens with zero attached hydrogens (tertiary/aromatic N) is 3. The van der Waals surface area contributed by atoms with Crippen LogP contribution in [0.15, 0.2) is 79.0 Å². The van der Waals surface area contributed by atoms with Gasteiger partial charge in [0, 0.05) is 29.0 Å². The number of thiocarbonyl (C=S) groups is 1. The van der Waals surface area contributed by atoms with Gasteiger partial charge in [-0.25, -0.2) is 8.42 Å². The van der Waals surface area contributed by atoms with Crippen LogP contribution in [0.5, 0.6) is 5.75 Å². The van der Waals surface area contributed by atoms with Gasteiger partial charge < -0.3 is 19.9 Å². The van der Waals surface area contributed by atoms with E-state index in [1.54, 1.807) is 30.5 Å². The summed E-state index contributed by atoms with van der Waals surface area (Å²) in [6.07, 6.45) is 2.88. The average Bonchev–Trinajstić information content (AvgIpc) is 3.35. The van der Waals surface area contributed by atoms with Gasteiger partial charge in [0.25, 0.3) is 0 Å². The molecule has 3 heterocycles. The molecule has 2 aromatic heterocycles. The van der Waals surface area contributed by atoms with Crippen LogP contribution in [0.25, 0.3) is 5.69 Å². The zero-order valence-electron chi connectivity index (χ0n) is 20.6. The molecule has 0 unspecified atom stereocenters. The fraction of sp³-hybridized carbons (Fsp3) is 0.185. The fourth-order valence-corrected chi connectivity index (χ4v) is 5.87. The van der Waals surface area contributed by atoms with Crippen molar-refractivity contribution in [2.24, 2.45) is 0 Å². The summed E-state index contributed by atoms with van der Waals surface area (Å²) in [7, 11) is -3.39. The Balaban J connectivity index is 1.64. The first-order valence-electron chi connectivity index (χ1n) is 11.7. The summed E-state index contributed by atoms with van der Waals surface area (Å²) >= 11 is 5.82. The zero-order valence-corrected chi connectivity index (χ0v) is 22.2. The van der Waals surface area contributed by atoms with E-state index >= 15 is 0 Å². The van der Waals surface area contributed by atoms with Crippen LogP contribution < -0.4 is 14.9 Å². The molecule has 10 heteroatoms. The molecule has 3 N–H and O–H groups in total. The molecule has 1 aliphatic heterocycles. The van der Waals surface area contributed by atoms with E-state index in [2.05, 4.69) is 21.1 Å². The maximum absolute atomic E-state index is 11.7. The minimum absolute atomic E-state index is 0.197. The van der Waals surface area contributed by atoms with Gasteiger partial charge in [0.2, 0.25) is 10.0 Å². The Labute approximate surface area is 221 Å². The van der Waals surface area contributed by atoms with Gasteiger partial charge in [0.15, 0.2) is 5.11 Å². The van der Waals surface area contributed by atoms with Crippen LogP contribution in [0.3, 0.4) is 0 Å². The normalized spacial score (nSPS) is 17.6. The summed E-state index contributed by atoms with van der Waals surface area (Å²) in [5, 5.41) is 14.6. The Morgan fingerprint density at radius 2 is 1.73 bits per heavy atom. The summed E-state index contributed by atoms with van der Waals surface area (Å²) < 4.78 is 27.9. The van der Waals surface area contributed by atoms with Crippen molar-refractivity contribution in [3.05, 3.63) is 102 Å². The van der Waals surface area contributed by atoms with Crippen LogP contribution in [0.2, 0.25) is 0 Å². The number of aromatic hydroxyl groups is 1. The summed E-state index contributed by atoms with van der Waals surface area (Å²) in [5.74, 6) is 0.197. The molecule has 37 heavy (non-hydrogen) atoms. The SMILES string of the molecule is Cc1cc([C@H]2[C@@H](c3ccccn3)NC(=S)N2c2ccc(NS(C)(=O)=O)cc2)c(C)n1-c1ccccc1O. The van der Waals surface area contributed by atoms with Crippen LogP contribution in [0.1, 0.15) is 34.7 Å². The highest BCUT2D eigenvalue weighted by Crippen LogP contribution is 2.44. The highest BCUT2D eigenvalue weighted by Gasteiger charge is 2.42. The molecule has 0 radical (unpaired) electrons. The van der Waals surface area contributed by atoms with Crippen molar-refractivity contribution in [2.75, 3.05) is 15.9 Å². The van der Waals surface area contributed by atoms with E-state index < -0.39 is 10.0 Å². The number of sulfonamides is 1. The first kappa shape index (κ1) is 24.8. The largest absolute Gasteiger partial charge is 0.506 e. The van der Waals surface area contributed by atoms with Gasteiger partial charge in [0.1, 0.15) is 5.75 Å². The number of nitrogens with one attached hydrogen (secondary N) is 2. The van der Waals surface area contributed by atoms with Crippen molar-refractivity contribution >= 4 is 38.7 Å². The third kappa shape index (κ3) is 4.77. The number of pyridine rings is 1. The lowest BCUT2D eigenvalue weighted by Crippen LogP contribution is -2.29. The number of phenolic OH excluding ortho intramolecular Hbond substituents is 1. The number of aryl methyl sites for hydroxylation is 1. The quantitative estimate of drug-likeness (QED) is 0.308. The van der Waals surface area contributed by atoms with Crippen LogP contribution in [-0.2, 0) is 10.0 Å². The first-order chi connectivity index (χ1) is 17.6. The van der Waals surface area contributed by atoms with Crippen molar-refractivity contribution in [3.8, 4) is 11.4 Å². The van der Waals surface area contributed by atoms with Crippen LogP contribution in [0.4, 0.5) is 11.4 Å². The van der Waals surface area contributed by atoms with Crippen LogP contribution in [-0.4, -0.2) is 34.4 Å². The second kappa shape index (κ2) is 9.53. The van der Waals surface area contributed by atoms with Crippen LogP contribution in [0, 0.1) is 13.8 Å². The molecule has 0 aliphatic carbocycles. The van der Waals surface area contributed by atoms with Crippen LogP contribution >= 0.6 is 12.2 Å². The fourth-order valence-electron chi connectivity index (χ4n) is 4.96. The standard InChI is InChI=1S/C27H27N5O3S2/c1-17-16-21(18(2)31(17)23-9-4-5-10-24(23)33)26-25(22-8-6-7-15-28-22)29-27(36)32(26)20-13-11-19(12-14-20)30-37(3,34)35/h4-16,25-26,30,33H,1-3H3,(H,29,36)/t25-,26+/m1/s1. The Kier molecular flexibility index (Phi) is 6.38. The van der Waals surface area contributed by atoms with Gasteiger partial charge in [-0.2, -0.15) is 0 Å². The number of aromatic nitrogens is 2. The Morgan fingerprint density at radius 1 is 1.03 bits per heavy atom. The molecule has 0 saturated carbocycles. The molecule has 1 saturated heterocycles. The number of rotatable bonds is 6. The molecule has 0 bridgehead atoms. The minimum Gasteiger partial charge on any atom is -0.506 e. The van der Waals surface area contributed by atoms with Crippen molar-refractivity contribution in [1.82, 2.24) is 14.9 Å². The number of para-hydroxylation sites is 2. The van der Waals surface area contributed by atoms with Gasteiger partial charge in [-0.3, -0.25) is 9.71 Å². The highest BCUT2D eigenvalue weighted by atomic mass is 32.2.